The second-order valence-corrected chi connectivity index (χ2v) is 11.7. The number of pyridine rings is 2. The molecular weight excluding hydrogens is 579 g/mol. The van der Waals surface area contributed by atoms with Crippen LogP contribution in [0.2, 0.25) is 5.15 Å². The topological polar surface area (TPSA) is 115 Å². The van der Waals surface area contributed by atoms with Gasteiger partial charge in [-0.15, -0.1) is 0 Å². The van der Waals surface area contributed by atoms with E-state index in [1.807, 2.05) is 11.8 Å². The number of nitrogens with one attached hydrogen (secondary N) is 1. The molecule has 2 aliphatic rings. The monoisotopic (exact) mass is 609 g/mol. The van der Waals surface area contributed by atoms with Gasteiger partial charge in [-0.3, -0.25) is 10.2 Å². The summed E-state index contributed by atoms with van der Waals surface area (Å²) in [7, 11) is 1.58. The molecule has 11 nitrogen and oxygen atoms in total. The first-order valence-corrected chi connectivity index (χ1v) is 13.7. The van der Waals surface area contributed by atoms with Crippen LogP contribution in [-0.4, -0.2) is 81.8 Å². The van der Waals surface area contributed by atoms with Gasteiger partial charge in [-0.05, 0) is 40.8 Å². The van der Waals surface area contributed by atoms with Crippen LogP contribution in [0.5, 0.6) is 11.9 Å². The predicted molar refractivity (Wildman–Crippen MR) is 149 cm³/mol. The number of nitrogens with zero attached hydrogens (tertiary/aromatic N) is 6. The van der Waals surface area contributed by atoms with E-state index >= 15 is 4.39 Å². The summed E-state index contributed by atoms with van der Waals surface area (Å²) < 4.78 is 60.2. The minimum absolute atomic E-state index is 0.0427. The van der Waals surface area contributed by atoms with Gasteiger partial charge in [0.25, 0.3) is 5.92 Å². The molecule has 0 spiro atoms. The summed E-state index contributed by atoms with van der Waals surface area (Å²) >= 11 is 6.06. The van der Waals surface area contributed by atoms with Gasteiger partial charge in [-0.1, -0.05) is 17.7 Å². The molecule has 5 heterocycles. The van der Waals surface area contributed by atoms with Crippen LogP contribution in [0.3, 0.4) is 0 Å². The first kappa shape index (κ1) is 29.8. The molecule has 1 fully saturated rings. The van der Waals surface area contributed by atoms with E-state index < -0.39 is 47.2 Å². The number of halogens is 4. The van der Waals surface area contributed by atoms with Crippen LogP contribution in [0, 0.1) is 5.82 Å². The molecule has 1 amide bonds. The fraction of sp³-hybridized carbons (Fsp3) is 0.519. The maximum Gasteiger partial charge on any atom is 0.413 e. The summed E-state index contributed by atoms with van der Waals surface area (Å²) in [5.41, 5.74) is -0.299. The third kappa shape index (κ3) is 6.24. The first-order chi connectivity index (χ1) is 19.7. The van der Waals surface area contributed by atoms with Crippen molar-refractivity contribution in [3.63, 3.8) is 0 Å². The molecule has 1 N–H and O–H groups in total. The zero-order chi connectivity index (χ0) is 30.4. The number of amides is 1. The average Bonchev–Trinajstić information content (AvgIpc) is 3.04. The largest absolute Gasteiger partial charge is 0.475 e. The normalized spacial score (nSPS) is 19.3. The van der Waals surface area contributed by atoms with Crippen LogP contribution in [0.15, 0.2) is 18.3 Å². The van der Waals surface area contributed by atoms with Gasteiger partial charge in [0.05, 0.1) is 19.1 Å². The highest BCUT2D eigenvalue weighted by atomic mass is 35.5. The second kappa shape index (κ2) is 11.2. The van der Waals surface area contributed by atoms with Crippen molar-refractivity contribution in [2.45, 2.75) is 57.7 Å². The van der Waals surface area contributed by atoms with Gasteiger partial charge >= 0.3 is 12.1 Å². The molecule has 5 rings (SSSR count). The van der Waals surface area contributed by atoms with Crippen LogP contribution in [0.25, 0.3) is 10.9 Å². The maximum atomic E-state index is 15.3. The maximum absolute atomic E-state index is 15.3. The molecule has 2 aliphatic heterocycles. The smallest absolute Gasteiger partial charge is 0.413 e. The zero-order valence-corrected chi connectivity index (χ0v) is 24.5. The van der Waals surface area contributed by atoms with E-state index in [1.54, 1.807) is 40.0 Å². The number of carbonyl (C=O) groups is 1. The van der Waals surface area contributed by atoms with Crippen molar-refractivity contribution in [3.05, 3.63) is 34.9 Å². The lowest BCUT2D eigenvalue weighted by atomic mass is 10.1. The number of likely N-dealkylation sites (N-methyl/N-ethyl adjacent to an activating group) is 1. The molecule has 0 unspecified atom stereocenters. The highest BCUT2D eigenvalue weighted by molar-refractivity contribution is 6.30. The standard InChI is InChI=1S/C27H31ClF3N7O4/c1-14(16-7-6-8-32-21(16)35-25(39)42-26(2,3)4)38-9-10-40-23-17-19(18(29)20(28)34-23)33-24(36-22(17)38)41-12-15-11-27(30,31)13-37(15)5/h6-8,14-15H,9-13H2,1-5H3,(H,32,35,39)/t14-,15+/m1/s1. The Bertz CT molecular complexity index is 1510. The summed E-state index contributed by atoms with van der Waals surface area (Å²) in [5.74, 6) is -3.20. The van der Waals surface area contributed by atoms with Crippen molar-refractivity contribution < 1.29 is 32.2 Å². The Hall–Kier alpha value is -3.65. The summed E-state index contributed by atoms with van der Waals surface area (Å²) in [5, 5.41) is 2.42. The predicted octanol–water partition coefficient (Wildman–Crippen LogP) is 5.24. The number of rotatable bonds is 6. The Morgan fingerprint density at radius 3 is 2.76 bits per heavy atom. The average molecular weight is 610 g/mol. The molecule has 0 radical (unpaired) electrons. The lowest BCUT2D eigenvalue weighted by molar-refractivity contribution is 0.0136. The van der Waals surface area contributed by atoms with Crippen LogP contribution in [0.1, 0.15) is 45.7 Å². The number of likely N-dealkylation sites (tertiary alicyclic amines) is 1. The Balaban J connectivity index is 1.53. The van der Waals surface area contributed by atoms with E-state index in [0.29, 0.717) is 5.56 Å². The molecule has 0 aromatic carbocycles. The minimum atomic E-state index is -2.84. The van der Waals surface area contributed by atoms with Gasteiger partial charge in [0.2, 0.25) is 5.88 Å². The van der Waals surface area contributed by atoms with Crippen molar-refractivity contribution in [3.8, 4) is 11.9 Å². The molecule has 0 saturated carbocycles. The Kier molecular flexibility index (Phi) is 7.96. The molecule has 0 bridgehead atoms. The molecular formula is C27H31ClF3N7O4. The fourth-order valence-electron chi connectivity index (χ4n) is 5.02. The van der Waals surface area contributed by atoms with Gasteiger partial charge in [0.15, 0.2) is 11.0 Å². The van der Waals surface area contributed by atoms with Crippen molar-refractivity contribution in [2.24, 2.45) is 0 Å². The third-order valence-corrected chi connectivity index (χ3v) is 7.18. The molecule has 2 atom stereocenters. The Labute approximate surface area is 245 Å². The fourth-order valence-corrected chi connectivity index (χ4v) is 5.19. The second-order valence-electron chi connectivity index (χ2n) is 11.3. The first-order valence-electron chi connectivity index (χ1n) is 13.3. The number of anilines is 2. The lowest BCUT2D eigenvalue weighted by Crippen LogP contribution is -2.33. The van der Waals surface area contributed by atoms with Gasteiger partial charge < -0.3 is 19.1 Å². The molecule has 3 aromatic rings. The quantitative estimate of drug-likeness (QED) is 0.372. The highest BCUT2D eigenvalue weighted by Crippen LogP contribution is 2.41. The number of alkyl halides is 2. The van der Waals surface area contributed by atoms with Crippen molar-refractivity contribution >= 4 is 40.2 Å². The molecule has 42 heavy (non-hydrogen) atoms. The van der Waals surface area contributed by atoms with Crippen LogP contribution in [0.4, 0.5) is 29.6 Å². The highest BCUT2D eigenvalue weighted by Gasteiger charge is 2.43. The number of aromatic nitrogens is 4. The van der Waals surface area contributed by atoms with Gasteiger partial charge in [0.1, 0.15) is 41.4 Å². The Morgan fingerprint density at radius 1 is 1.31 bits per heavy atom. The minimum Gasteiger partial charge on any atom is -0.475 e. The van der Waals surface area contributed by atoms with Crippen LogP contribution >= 0.6 is 11.6 Å². The number of carbonyl (C=O) groups excluding carboxylic acids is 1. The van der Waals surface area contributed by atoms with Gasteiger partial charge in [-0.2, -0.15) is 15.0 Å². The van der Waals surface area contributed by atoms with Crippen LogP contribution in [-0.2, 0) is 4.74 Å². The summed E-state index contributed by atoms with van der Waals surface area (Å²) in [4.78, 5) is 33.1. The molecule has 1 saturated heterocycles. The summed E-state index contributed by atoms with van der Waals surface area (Å²) in [6, 6.07) is 2.19. The Morgan fingerprint density at radius 2 is 2.07 bits per heavy atom. The number of hydrogen-bond acceptors (Lipinski definition) is 10. The van der Waals surface area contributed by atoms with Crippen molar-refractivity contribution in [1.82, 2.24) is 24.8 Å². The van der Waals surface area contributed by atoms with E-state index in [2.05, 4.69) is 25.3 Å². The molecule has 0 aliphatic carbocycles. The van der Waals surface area contributed by atoms with Gasteiger partial charge in [-0.25, -0.2) is 22.9 Å². The third-order valence-electron chi connectivity index (χ3n) is 6.93. The molecule has 226 valence electrons. The number of ether oxygens (including phenoxy) is 3. The zero-order valence-electron chi connectivity index (χ0n) is 23.8. The van der Waals surface area contributed by atoms with E-state index in [4.69, 9.17) is 25.8 Å². The number of hydrogen-bond donors (Lipinski definition) is 1. The van der Waals surface area contributed by atoms with Crippen LogP contribution < -0.4 is 19.7 Å². The SMILES string of the molecule is C[C@H](c1cccnc1NC(=O)OC(C)(C)C)N1CCOc2nc(Cl)c(F)c3nc(OC[C@@H]4CC(F)(F)CN4C)nc1c23. The van der Waals surface area contributed by atoms with E-state index in [0.717, 1.165) is 0 Å². The van der Waals surface area contributed by atoms with E-state index in [1.165, 1.54) is 11.1 Å². The van der Waals surface area contributed by atoms with Gasteiger partial charge in [0, 0.05) is 24.2 Å². The van der Waals surface area contributed by atoms with E-state index in [-0.39, 0.29) is 60.6 Å². The van der Waals surface area contributed by atoms with Crippen molar-refractivity contribution in [1.29, 1.82) is 0 Å². The summed E-state index contributed by atoms with van der Waals surface area (Å²) in [6.07, 6.45) is 0.468. The van der Waals surface area contributed by atoms with E-state index in [9.17, 15) is 13.6 Å². The molecule has 3 aromatic heterocycles. The summed E-state index contributed by atoms with van der Waals surface area (Å²) in [6.45, 7) is 6.97. The molecule has 15 heteroatoms. The van der Waals surface area contributed by atoms with Crippen molar-refractivity contribution in [2.75, 3.05) is 43.6 Å². The lowest BCUT2D eigenvalue weighted by Gasteiger charge is -2.31.